The van der Waals surface area contributed by atoms with E-state index in [2.05, 4.69) is 6.07 Å². The van der Waals surface area contributed by atoms with E-state index >= 15 is 0 Å². The SMILES string of the molecule is COc1ccc(F)cc1C[NH+]1CC[NH+](CC(=O)N(CCC#N)c2ccccc2)CC1. The number of hydrogen-bond donors (Lipinski definition) is 2. The van der Waals surface area contributed by atoms with E-state index in [0.717, 1.165) is 37.4 Å². The van der Waals surface area contributed by atoms with Crippen LogP contribution in [0.3, 0.4) is 0 Å². The van der Waals surface area contributed by atoms with Crippen molar-refractivity contribution in [1.29, 1.82) is 5.26 Å². The van der Waals surface area contributed by atoms with Crippen molar-refractivity contribution in [2.45, 2.75) is 13.0 Å². The van der Waals surface area contributed by atoms with Gasteiger partial charge < -0.3 is 19.4 Å². The lowest BCUT2D eigenvalue weighted by molar-refractivity contribution is -1.02. The third kappa shape index (κ3) is 5.78. The lowest BCUT2D eigenvalue weighted by Crippen LogP contribution is -3.28. The third-order valence-corrected chi connectivity index (χ3v) is 5.56. The molecule has 1 heterocycles. The first-order valence-electron chi connectivity index (χ1n) is 10.3. The molecular formula is C23H29FN4O2+2. The monoisotopic (exact) mass is 412 g/mol. The van der Waals surface area contributed by atoms with Gasteiger partial charge in [-0.3, -0.25) is 4.79 Å². The zero-order chi connectivity index (χ0) is 21.3. The van der Waals surface area contributed by atoms with Gasteiger partial charge in [-0.1, -0.05) is 18.2 Å². The van der Waals surface area contributed by atoms with Crippen LogP contribution >= 0.6 is 0 Å². The van der Waals surface area contributed by atoms with E-state index in [1.807, 2.05) is 30.3 Å². The lowest BCUT2D eigenvalue weighted by atomic mass is 10.1. The summed E-state index contributed by atoms with van der Waals surface area (Å²) in [7, 11) is 1.60. The molecule has 0 saturated carbocycles. The van der Waals surface area contributed by atoms with Crippen LogP contribution in [0.25, 0.3) is 0 Å². The zero-order valence-electron chi connectivity index (χ0n) is 17.4. The molecule has 1 aliphatic rings. The normalized spacial score (nSPS) is 18.4. The summed E-state index contributed by atoms with van der Waals surface area (Å²) >= 11 is 0. The van der Waals surface area contributed by atoms with E-state index in [1.54, 1.807) is 24.1 Å². The average Bonchev–Trinajstić information content (AvgIpc) is 2.76. The fourth-order valence-electron chi connectivity index (χ4n) is 3.94. The highest BCUT2D eigenvalue weighted by Crippen LogP contribution is 2.18. The van der Waals surface area contributed by atoms with E-state index in [9.17, 15) is 9.18 Å². The first-order valence-corrected chi connectivity index (χ1v) is 10.3. The van der Waals surface area contributed by atoms with Crippen LogP contribution in [0.4, 0.5) is 10.1 Å². The number of rotatable bonds is 8. The topological polar surface area (TPSA) is 62.2 Å². The van der Waals surface area contributed by atoms with Crippen molar-refractivity contribution in [3.63, 3.8) is 0 Å². The molecule has 3 rings (SSSR count). The molecule has 6 nitrogen and oxygen atoms in total. The van der Waals surface area contributed by atoms with Crippen LogP contribution in [0, 0.1) is 17.1 Å². The molecule has 2 aromatic rings. The average molecular weight is 413 g/mol. The van der Waals surface area contributed by atoms with Crippen molar-refractivity contribution in [2.75, 3.05) is 51.3 Å². The van der Waals surface area contributed by atoms with E-state index in [1.165, 1.54) is 15.9 Å². The summed E-state index contributed by atoms with van der Waals surface area (Å²) in [5.74, 6) is 0.505. The fourth-order valence-corrected chi connectivity index (χ4v) is 3.94. The summed E-state index contributed by atoms with van der Waals surface area (Å²) in [4.78, 5) is 17.3. The van der Waals surface area contributed by atoms with Crippen LogP contribution in [0.15, 0.2) is 48.5 Å². The van der Waals surface area contributed by atoms with Gasteiger partial charge in [0, 0.05) is 12.2 Å². The molecular weight excluding hydrogens is 383 g/mol. The number of methoxy groups -OCH3 is 1. The van der Waals surface area contributed by atoms with Gasteiger partial charge in [0.25, 0.3) is 5.91 Å². The highest BCUT2D eigenvalue weighted by molar-refractivity contribution is 5.94. The number of piperazine rings is 1. The lowest BCUT2D eigenvalue weighted by Gasteiger charge is -2.31. The molecule has 0 atom stereocenters. The van der Waals surface area contributed by atoms with E-state index in [-0.39, 0.29) is 11.7 Å². The Hall–Kier alpha value is -2.95. The summed E-state index contributed by atoms with van der Waals surface area (Å²) in [5.41, 5.74) is 1.71. The number of amides is 1. The van der Waals surface area contributed by atoms with Gasteiger partial charge >= 0.3 is 0 Å². The Morgan fingerprint density at radius 2 is 1.83 bits per heavy atom. The largest absolute Gasteiger partial charge is 0.496 e. The predicted octanol–water partition coefficient (Wildman–Crippen LogP) is 0.0646. The molecule has 0 spiro atoms. The van der Waals surface area contributed by atoms with Crippen LogP contribution in [-0.4, -0.2) is 52.3 Å². The van der Waals surface area contributed by atoms with Crippen molar-refractivity contribution in [3.05, 3.63) is 59.9 Å². The van der Waals surface area contributed by atoms with Gasteiger partial charge in [-0.2, -0.15) is 5.26 Å². The van der Waals surface area contributed by atoms with E-state index in [4.69, 9.17) is 10.00 Å². The van der Waals surface area contributed by atoms with Gasteiger partial charge in [0.05, 0.1) is 25.2 Å². The van der Waals surface area contributed by atoms with Gasteiger partial charge in [0.15, 0.2) is 6.54 Å². The summed E-state index contributed by atoms with van der Waals surface area (Å²) in [5, 5.41) is 8.94. The fraction of sp³-hybridized carbons (Fsp3) is 0.391. The molecule has 2 N–H and O–H groups in total. The predicted molar refractivity (Wildman–Crippen MR) is 112 cm³/mol. The smallest absolute Gasteiger partial charge is 0.282 e. The summed E-state index contributed by atoms with van der Waals surface area (Å²) in [6.07, 6.45) is 0.309. The van der Waals surface area contributed by atoms with Crippen molar-refractivity contribution in [3.8, 4) is 11.8 Å². The van der Waals surface area contributed by atoms with Crippen molar-refractivity contribution >= 4 is 11.6 Å². The number of anilines is 1. The Balaban J connectivity index is 1.55. The highest BCUT2D eigenvalue weighted by Gasteiger charge is 2.28. The maximum atomic E-state index is 13.6. The summed E-state index contributed by atoms with van der Waals surface area (Å²) in [6.45, 7) is 5.09. The number of carbonyl (C=O) groups excluding carboxylic acids is 1. The number of carbonyl (C=O) groups is 1. The molecule has 0 bridgehead atoms. The minimum absolute atomic E-state index is 0.0432. The van der Waals surface area contributed by atoms with Crippen LogP contribution in [-0.2, 0) is 11.3 Å². The van der Waals surface area contributed by atoms with Crippen molar-refractivity contribution < 1.29 is 23.7 Å². The number of benzene rings is 2. The second-order valence-electron chi connectivity index (χ2n) is 7.60. The number of halogens is 1. The number of nitriles is 1. The zero-order valence-corrected chi connectivity index (χ0v) is 17.4. The van der Waals surface area contributed by atoms with Gasteiger partial charge in [-0.15, -0.1) is 0 Å². The van der Waals surface area contributed by atoms with Gasteiger partial charge in [0.2, 0.25) is 0 Å². The standard InChI is InChI=1S/C23H27FN4O2/c1-30-22-9-8-20(24)16-19(22)17-26-12-14-27(15-13-26)18-23(29)28(11-5-10-25)21-6-3-2-4-7-21/h2-4,6-9,16H,5,11-15,17-18H2,1H3/p+2. The maximum Gasteiger partial charge on any atom is 0.282 e. The van der Waals surface area contributed by atoms with Gasteiger partial charge in [-0.25, -0.2) is 4.39 Å². The minimum atomic E-state index is -0.251. The number of ether oxygens (including phenoxy) is 1. The van der Waals surface area contributed by atoms with Crippen molar-refractivity contribution in [1.82, 2.24) is 0 Å². The Morgan fingerprint density at radius 1 is 1.13 bits per heavy atom. The van der Waals surface area contributed by atoms with Crippen molar-refractivity contribution in [2.24, 2.45) is 0 Å². The number of nitrogens with zero attached hydrogens (tertiary/aromatic N) is 2. The molecule has 30 heavy (non-hydrogen) atoms. The van der Waals surface area contributed by atoms with Crippen LogP contribution in [0.1, 0.15) is 12.0 Å². The van der Waals surface area contributed by atoms with Gasteiger partial charge in [-0.05, 0) is 30.3 Å². The number of quaternary nitrogens is 2. The minimum Gasteiger partial charge on any atom is -0.496 e. The molecule has 0 radical (unpaired) electrons. The number of para-hydroxylation sites is 1. The summed E-state index contributed by atoms with van der Waals surface area (Å²) in [6, 6.07) is 16.3. The molecule has 1 amide bonds. The molecule has 0 aliphatic carbocycles. The Kier molecular flexibility index (Phi) is 7.77. The Morgan fingerprint density at radius 3 is 2.50 bits per heavy atom. The quantitative estimate of drug-likeness (QED) is 0.645. The number of nitrogens with one attached hydrogen (secondary N) is 2. The molecule has 7 heteroatoms. The second kappa shape index (κ2) is 10.7. The molecule has 0 unspecified atom stereocenters. The van der Waals surface area contributed by atoms with Crippen LogP contribution in [0.2, 0.25) is 0 Å². The Labute approximate surface area is 177 Å². The third-order valence-electron chi connectivity index (χ3n) is 5.56. The molecule has 1 fully saturated rings. The van der Waals surface area contributed by atoms with Crippen LogP contribution in [0.5, 0.6) is 5.75 Å². The maximum absolute atomic E-state index is 13.6. The first kappa shape index (κ1) is 21.8. The molecule has 1 saturated heterocycles. The molecule has 1 aliphatic heterocycles. The van der Waals surface area contributed by atoms with E-state index in [0.29, 0.717) is 31.8 Å². The molecule has 2 aromatic carbocycles. The first-order chi connectivity index (χ1) is 14.6. The second-order valence-corrected chi connectivity index (χ2v) is 7.60. The van der Waals surface area contributed by atoms with Crippen LogP contribution < -0.4 is 19.4 Å². The molecule has 158 valence electrons. The number of hydrogen-bond acceptors (Lipinski definition) is 3. The summed E-state index contributed by atoms with van der Waals surface area (Å²) < 4.78 is 19.0. The Bertz CT molecular complexity index is 877. The van der Waals surface area contributed by atoms with E-state index < -0.39 is 0 Å². The highest BCUT2D eigenvalue weighted by atomic mass is 19.1. The van der Waals surface area contributed by atoms with Gasteiger partial charge in [0.1, 0.15) is 44.3 Å². The molecule has 0 aromatic heterocycles.